The molecule has 0 atom stereocenters. The minimum Gasteiger partial charge on any atom is -0.356 e. The molecule has 0 spiro atoms. The Bertz CT molecular complexity index is 572. The molecular weight excluding hydrogens is 338 g/mol. The lowest BCUT2D eigenvalue weighted by Crippen LogP contribution is -2.39. The highest BCUT2D eigenvalue weighted by Gasteiger charge is 2.21. The highest BCUT2D eigenvalue weighted by atomic mass is 35.5. The number of hydrogen-bond acceptors (Lipinski definition) is 2. The van der Waals surface area contributed by atoms with Crippen LogP contribution in [0, 0.1) is 11.8 Å². The van der Waals surface area contributed by atoms with Gasteiger partial charge in [0.2, 0.25) is 5.91 Å². The second-order valence-corrected chi connectivity index (χ2v) is 7.11. The summed E-state index contributed by atoms with van der Waals surface area (Å²) in [6, 6.07) is 7.34. The maximum absolute atomic E-state index is 11.9. The highest BCUT2D eigenvalue weighted by molar-refractivity contribution is 6.31. The third-order valence-corrected chi connectivity index (χ3v) is 5.19. The normalized spacial score (nSPS) is 19.9. The standard InChI is InChI=1S/C19H28ClN3O2/c1-2-18(24)21-11-14-7-9-15(10-8-14)12-22-19(25)23-13-16-5-3-4-6-17(16)20/h3-6,14-15H,2,7-13H2,1H3,(H,21,24)(H2,22,23,25). The van der Waals surface area contributed by atoms with Crippen LogP contribution in [0.3, 0.4) is 0 Å². The monoisotopic (exact) mass is 365 g/mol. The van der Waals surface area contributed by atoms with Gasteiger partial charge in [-0.25, -0.2) is 4.79 Å². The fourth-order valence-electron chi connectivity index (χ4n) is 3.14. The van der Waals surface area contributed by atoms with Crippen LogP contribution in [0.25, 0.3) is 0 Å². The molecule has 1 aromatic rings. The van der Waals surface area contributed by atoms with E-state index in [2.05, 4.69) is 16.0 Å². The first-order chi connectivity index (χ1) is 12.1. The summed E-state index contributed by atoms with van der Waals surface area (Å²) < 4.78 is 0. The van der Waals surface area contributed by atoms with Crippen molar-refractivity contribution in [3.05, 3.63) is 34.9 Å². The fraction of sp³-hybridized carbons (Fsp3) is 0.579. The van der Waals surface area contributed by atoms with E-state index in [4.69, 9.17) is 11.6 Å². The Balaban J connectivity index is 1.60. The third kappa shape index (κ3) is 6.94. The van der Waals surface area contributed by atoms with Gasteiger partial charge in [0.15, 0.2) is 0 Å². The van der Waals surface area contributed by atoms with Crippen LogP contribution in [-0.2, 0) is 11.3 Å². The number of halogens is 1. The molecule has 3 N–H and O–H groups in total. The first kappa shape index (κ1) is 19.6. The van der Waals surface area contributed by atoms with Gasteiger partial charge in [-0.1, -0.05) is 36.7 Å². The number of amides is 3. The average molecular weight is 366 g/mol. The van der Waals surface area contributed by atoms with E-state index in [9.17, 15) is 9.59 Å². The van der Waals surface area contributed by atoms with Crippen LogP contribution < -0.4 is 16.0 Å². The lowest BCUT2D eigenvalue weighted by Gasteiger charge is -2.28. The predicted molar refractivity (Wildman–Crippen MR) is 100 cm³/mol. The summed E-state index contributed by atoms with van der Waals surface area (Å²) in [6.45, 7) is 3.78. The first-order valence-corrected chi connectivity index (χ1v) is 9.48. The molecule has 1 saturated carbocycles. The van der Waals surface area contributed by atoms with Crippen LogP contribution in [-0.4, -0.2) is 25.0 Å². The van der Waals surface area contributed by atoms with E-state index >= 15 is 0 Å². The number of benzene rings is 1. The molecule has 0 unspecified atom stereocenters. The van der Waals surface area contributed by atoms with Crippen molar-refractivity contribution in [1.29, 1.82) is 0 Å². The molecular formula is C19H28ClN3O2. The number of carbonyl (C=O) groups excluding carboxylic acids is 2. The fourth-order valence-corrected chi connectivity index (χ4v) is 3.34. The van der Waals surface area contributed by atoms with Gasteiger partial charge in [0, 0.05) is 31.1 Å². The Hall–Kier alpha value is -1.75. The molecule has 138 valence electrons. The van der Waals surface area contributed by atoms with Gasteiger partial charge in [0.05, 0.1) is 0 Å². The molecule has 5 nitrogen and oxygen atoms in total. The Morgan fingerprint density at radius 2 is 1.60 bits per heavy atom. The van der Waals surface area contributed by atoms with Crippen molar-refractivity contribution in [3.8, 4) is 0 Å². The number of urea groups is 1. The predicted octanol–water partition coefficient (Wildman–Crippen LogP) is 3.47. The Morgan fingerprint density at radius 1 is 1.00 bits per heavy atom. The zero-order chi connectivity index (χ0) is 18.1. The molecule has 1 aliphatic rings. The molecule has 3 amide bonds. The number of hydrogen-bond donors (Lipinski definition) is 3. The molecule has 1 aliphatic carbocycles. The SMILES string of the molecule is CCC(=O)NCC1CCC(CNC(=O)NCc2ccccc2Cl)CC1. The molecule has 0 bridgehead atoms. The molecule has 0 aliphatic heterocycles. The Morgan fingerprint density at radius 3 is 2.20 bits per heavy atom. The van der Waals surface area contributed by atoms with E-state index in [0.717, 1.165) is 37.8 Å². The minimum atomic E-state index is -0.155. The van der Waals surface area contributed by atoms with Crippen molar-refractivity contribution in [2.24, 2.45) is 11.8 Å². The molecule has 0 heterocycles. The molecule has 6 heteroatoms. The molecule has 1 fully saturated rings. The van der Waals surface area contributed by atoms with E-state index in [0.29, 0.717) is 36.4 Å². The lowest BCUT2D eigenvalue weighted by atomic mass is 9.82. The van der Waals surface area contributed by atoms with Crippen LogP contribution in [0.15, 0.2) is 24.3 Å². The van der Waals surface area contributed by atoms with Crippen LogP contribution in [0.2, 0.25) is 5.02 Å². The molecule has 0 radical (unpaired) electrons. The smallest absolute Gasteiger partial charge is 0.315 e. The maximum atomic E-state index is 11.9. The van der Waals surface area contributed by atoms with Gasteiger partial charge in [-0.2, -0.15) is 0 Å². The summed E-state index contributed by atoms with van der Waals surface area (Å²) in [7, 11) is 0. The summed E-state index contributed by atoms with van der Waals surface area (Å²) in [6.07, 6.45) is 4.95. The quantitative estimate of drug-likeness (QED) is 0.692. The van der Waals surface area contributed by atoms with Gasteiger partial charge in [0.25, 0.3) is 0 Å². The second kappa shape index (κ2) is 10.3. The highest BCUT2D eigenvalue weighted by Crippen LogP contribution is 2.27. The van der Waals surface area contributed by atoms with Gasteiger partial charge < -0.3 is 16.0 Å². The second-order valence-electron chi connectivity index (χ2n) is 6.70. The summed E-state index contributed by atoms with van der Waals surface area (Å²) >= 11 is 6.08. The average Bonchev–Trinajstić information content (AvgIpc) is 2.64. The van der Waals surface area contributed by atoms with Gasteiger partial charge >= 0.3 is 6.03 Å². The summed E-state index contributed by atoms with van der Waals surface area (Å²) in [5, 5.41) is 9.44. The van der Waals surface area contributed by atoms with Crippen LogP contribution in [0.1, 0.15) is 44.6 Å². The van der Waals surface area contributed by atoms with E-state index in [-0.39, 0.29) is 11.9 Å². The van der Waals surface area contributed by atoms with E-state index in [1.54, 1.807) is 0 Å². The van der Waals surface area contributed by atoms with Crippen LogP contribution in [0.5, 0.6) is 0 Å². The van der Waals surface area contributed by atoms with E-state index < -0.39 is 0 Å². The van der Waals surface area contributed by atoms with E-state index in [1.807, 2.05) is 31.2 Å². The van der Waals surface area contributed by atoms with Crippen molar-refractivity contribution in [2.45, 2.75) is 45.6 Å². The van der Waals surface area contributed by atoms with Crippen molar-refractivity contribution in [1.82, 2.24) is 16.0 Å². The minimum absolute atomic E-state index is 0.124. The number of rotatable bonds is 7. The molecule has 2 rings (SSSR count). The molecule has 1 aromatic carbocycles. The maximum Gasteiger partial charge on any atom is 0.315 e. The summed E-state index contributed by atoms with van der Waals surface area (Å²) in [4.78, 5) is 23.2. The number of carbonyl (C=O) groups is 2. The number of nitrogens with one attached hydrogen (secondary N) is 3. The Kier molecular flexibility index (Phi) is 8.06. The Labute approximate surface area is 154 Å². The molecule has 25 heavy (non-hydrogen) atoms. The van der Waals surface area contributed by atoms with Crippen molar-refractivity contribution < 1.29 is 9.59 Å². The third-order valence-electron chi connectivity index (χ3n) is 4.82. The van der Waals surface area contributed by atoms with E-state index in [1.165, 1.54) is 0 Å². The largest absolute Gasteiger partial charge is 0.356 e. The van der Waals surface area contributed by atoms with Crippen molar-refractivity contribution in [3.63, 3.8) is 0 Å². The molecule has 0 saturated heterocycles. The zero-order valence-corrected chi connectivity index (χ0v) is 15.6. The van der Waals surface area contributed by atoms with Gasteiger partial charge in [-0.15, -0.1) is 0 Å². The zero-order valence-electron chi connectivity index (χ0n) is 14.8. The van der Waals surface area contributed by atoms with Gasteiger partial charge in [-0.3, -0.25) is 4.79 Å². The first-order valence-electron chi connectivity index (χ1n) is 9.10. The van der Waals surface area contributed by atoms with Crippen molar-refractivity contribution >= 4 is 23.5 Å². The van der Waals surface area contributed by atoms with Crippen LogP contribution in [0.4, 0.5) is 4.79 Å². The summed E-state index contributed by atoms with van der Waals surface area (Å²) in [5.41, 5.74) is 0.911. The van der Waals surface area contributed by atoms with Crippen LogP contribution >= 0.6 is 11.6 Å². The molecule has 0 aromatic heterocycles. The van der Waals surface area contributed by atoms with Gasteiger partial charge in [-0.05, 0) is 49.1 Å². The van der Waals surface area contributed by atoms with Crippen molar-refractivity contribution in [2.75, 3.05) is 13.1 Å². The summed E-state index contributed by atoms with van der Waals surface area (Å²) in [5.74, 6) is 1.21. The lowest BCUT2D eigenvalue weighted by molar-refractivity contribution is -0.121. The topological polar surface area (TPSA) is 70.2 Å². The van der Waals surface area contributed by atoms with Gasteiger partial charge in [0.1, 0.15) is 0 Å².